The molecule has 0 saturated carbocycles. The van der Waals surface area contributed by atoms with Gasteiger partial charge < -0.3 is 15.5 Å². The first-order valence-electron chi connectivity index (χ1n) is 10.4. The minimum absolute atomic E-state index is 0.0382. The molecule has 0 aliphatic carbocycles. The maximum atomic E-state index is 13.1. The molecule has 4 heterocycles. The lowest BCUT2D eigenvalue weighted by Gasteiger charge is -2.32. The fourth-order valence-corrected chi connectivity index (χ4v) is 4.19. The van der Waals surface area contributed by atoms with Crippen LogP contribution in [0.3, 0.4) is 0 Å². The van der Waals surface area contributed by atoms with E-state index in [2.05, 4.69) is 38.5 Å². The Morgan fingerprint density at radius 1 is 1.23 bits per heavy atom. The average molecular weight is 431 g/mol. The SMILES string of the molecule is C[C@@H]1CCCN1c1nc(Nc2cc(C(F)(F)F)ccn2)cc(C2(C#N)CCNCC2)n1. The number of hydrogen-bond acceptors (Lipinski definition) is 7. The van der Waals surface area contributed by atoms with Gasteiger partial charge in [0.2, 0.25) is 5.95 Å². The standard InChI is InChI=1S/C21H24F3N7/c1-14-3-2-10-31(14)19-28-16(20(13-25)5-8-26-9-6-20)12-18(30-19)29-17-11-15(4-7-27-17)21(22,23)24/h4,7,11-12,14,26H,2-3,5-6,8-10H2,1H3,(H,27,28,29,30)/t14-/m1/s1. The molecule has 2 aromatic rings. The maximum Gasteiger partial charge on any atom is 0.416 e. The van der Waals surface area contributed by atoms with E-state index in [4.69, 9.17) is 4.98 Å². The molecule has 2 saturated heterocycles. The number of piperidine rings is 1. The quantitative estimate of drug-likeness (QED) is 0.762. The molecule has 4 rings (SSSR count). The fraction of sp³-hybridized carbons (Fsp3) is 0.524. The third-order valence-corrected chi connectivity index (χ3v) is 6.03. The topological polar surface area (TPSA) is 89.8 Å². The van der Waals surface area contributed by atoms with Crippen molar-refractivity contribution in [3.63, 3.8) is 0 Å². The highest BCUT2D eigenvalue weighted by Gasteiger charge is 2.37. The van der Waals surface area contributed by atoms with E-state index in [1.165, 1.54) is 0 Å². The lowest BCUT2D eigenvalue weighted by molar-refractivity contribution is -0.137. The van der Waals surface area contributed by atoms with Crippen molar-refractivity contribution in [1.82, 2.24) is 20.3 Å². The van der Waals surface area contributed by atoms with Crippen LogP contribution >= 0.6 is 0 Å². The van der Waals surface area contributed by atoms with Crippen molar-refractivity contribution in [3.8, 4) is 6.07 Å². The Kier molecular flexibility index (Phi) is 5.71. The number of pyridine rings is 1. The molecule has 1 atom stereocenters. The Morgan fingerprint density at radius 2 is 2.00 bits per heavy atom. The number of anilines is 3. The highest BCUT2D eigenvalue weighted by atomic mass is 19.4. The van der Waals surface area contributed by atoms with Crippen LogP contribution in [0, 0.1) is 11.3 Å². The van der Waals surface area contributed by atoms with Crippen LogP contribution < -0.4 is 15.5 Å². The highest BCUT2D eigenvalue weighted by Crippen LogP contribution is 2.35. The summed E-state index contributed by atoms with van der Waals surface area (Å²) < 4.78 is 39.3. The van der Waals surface area contributed by atoms with E-state index in [0.29, 0.717) is 43.4 Å². The van der Waals surface area contributed by atoms with Gasteiger partial charge in [-0.05, 0) is 57.8 Å². The van der Waals surface area contributed by atoms with E-state index in [1.54, 1.807) is 6.07 Å². The van der Waals surface area contributed by atoms with E-state index in [1.807, 2.05) is 0 Å². The molecular weight excluding hydrogens is 407 g/mol. The molecular formula is C21H24F3N7. The van der Waals surface area contributed by atoms with Gasteiger partial charge in [0.25, 0.3) is 0 Å². The molecule has 0 spiro atoms. The minimum Gasteiger partial charge on any atom is -0.338 e. The molecule has 2 N–H and O–H groups in total. The van der Waals surface area contributed by atoms with Crippen molar-refractivity contribution in [1.29, 1.82) is 5.26 Å². The van der Waals surface area contributed by atoms with Crippen molar-refractivity contribution in [2.75, 3.05) is 29.9 Å². The number of nitrogens with zero attached hydrogens (tertiary/aromatic N) is 5. The largest absolute Gasteiger partial charge is 0.416 e. The van der Waals surface area contributed by atoms with Gasteiger partial charge in [0.15, 0.2) is 0 Å². The summed E-state index contributed by atoms with van der Waals surface area (Å²) in [7, 11) is 0. The van der Waals surface area contributed by atoms with Crippen LogP contribution in [0.5, 0.6) is 0 Å². The van der Waals surface area contributed by atoms with Gasteiger partial charge >= 0.3 is 6.18 Å². The first kappa shape index (κ1) is 21.3. The first-order chi connectivity index (χ1) is 14.8. The molecule has 10 heteroatoms. The van der Waals surface area contributed by atoms with Gasteiger partial charge in [0.05, 0.1) is 17.3 Å². The van der Waals surface area contributed by atoms with Gasteiger partial charge in [-0.25, -0.2) is 9.97 Å². The van der Waals surface area contributed by atoms with E-state index in [0.717, 1.165) is 37.7 Å². The summed E-state index contributed by atoms with van der Waals surface area (Å²) in [5, 5.41) is 16.2. The second-order valence-corrected chi connectivity index (χ2v) is 8.12. The van der Waals surface area contributed by atoms with Crippen LogP contribution in [0.1, 0.15) is 43.9 Å². The van der Waals surface area contributed by atoms with Gasteiger partial charge in [-0.15, -0.1) is 0 Å². The summed E-state index contributed by atoms with van der Waals surface area (Å²) >= 11 is 0. The number of halogens is 3. The summed E-state index contributed by atoms with van der Waals surface area (Å²) in [5.41, 5.74) is -0.960. The van der Waals surface area contributed by atoms with E-state index >= 15 is 0 Å². The van der Waals surface area contributed by atoms with Crippen molar-refractivity contribution in [3.05, 3.63) is 35.7 Å². The van der Waals surface area contributed by atoms with E-state index in [9.17, 15) is 18.4 Å². The maximum absolute atomic E-state index is 13.1. The number of nitriles is 1. The number of aromatic nitrogens is 3. The summed E-state index contributed by atoms with van der Waals surface area (Å²) in [4.78, 5) is 15.4. The predicted molar refractivity (Wildman–Crippen MR) is 110 cm³/mol. The average Bonchev–Trinajstić information content (AvgIpc) is 3.19. The normalized spacial score (nSPS) is 21.0. The molecule has 0 radical (unpaired) electrons. The Balaban J connectivity index is 1.74. The number of hydrogen-bond donors (Lipinski definition) is 2. The summed E-state index contributed by atoms with van der Waals surface area (Å²) in [6.07, 6.45) is -0.112. The molecule has 2 aliphatic rings. The van der Waals surface area contributed by atoms with Crippen LogP contribution in [-0.4, -0.2) is 40.6 Å². The monoisotopic (exact) mass is 431 g/mol. The molecule has 2 aromatic heterocycles. The van der Waals surface area contributed by atoms with Crippen molar-refractivity contribution >= 4 is 17.6 Å². The number of rotatable bonds is 4. The van der Waals surface area contributed by atoms with Crippen molar-refractivity contribution in [2.45, 2.75) is 50.2 Å². The van der Waals surface area contributed by atoms with Gasteiger partial charge in [0, 0.05) is 24.8 Å². The Bertz CT molecular complexity index is 980. The molecule has 0 unspecified atom stereocenters. The Labute approximate surface area is 178 Å². The zero-order chi connectivity index (χ0) is 22.1. The van der Waals surface area contributed by atoms with Gasteiger partial charge in [-0.3, -0.25) is 0 Å². The second-order valence-electron chi connectivity index (χ2n) is 8.12. The molecule has 0 aromatic carbocycles. The fourth-order valence-electron chi connectivity index (χ4n) is 4.19. The summed E-state index contributed by atoms with van der Waals surface area (Å²) in [6, 6.07) is 6.23. The third-order valence-electron chi connectivity index (χ3n) is 6.03. The molecule has 2 fully saturated rings. The van der Waals surface area contributed by atoms with Gasteiger partial charge in [-0.2, -0.15) is 23.4 Å². The second kappa shape index (κ2) is 8.30. The van der Waals surface area contributed by atoms with E-state index < -0.39 is 17.2 Å². The number of nitrogens with one attached hydrogen (secondary N) is 2. The Morgan fingerprint density at radius 3 is 2.65 bits per heavy atom. The van der Waals surface area contributed by atoms with Crippen LogP contribution in [0.25, 0.3) is 0 Å². The molecule has 164 valence electrons. The van der Waals surface area contributed by atoms with E-state index in [-0.39, 0.29) is 11.9 Å². The minimum atomic E-state index is -4.47. The zero-order valence-electron chi connectivity index (χ0n) is 17.2. The van der Waals surface area contributed by atoms with Gasteiger partial charge in [0.1, 0.15) is 17.1 Å². The predicted octanol–water partition coefficient (Wildman–Crippen LogP) is 3.77. The summed E-state index contributed by atoms with van der Waals surface area (Å²) in [5.74, 6) is 0.862. The van der Waals surface area contributed by atoms with Gasteiger partial charge in [-0.1, -0.05) is 0 Å². The smallest absolute Gasteiger partial charge is 0.338 e. The zero-order valence-corrected chi connectivity index (χ0v) is 17.2. The third kappa shape index (κ3) is 4.42. The lowest BCUT2D eigenvalue weighted by atomic mass is 9.77. The van der Waals surface area contributed by atoms with Crippen LogP contribution in [0.15, 0.2) is 24.4 Å². The molecule has 7 nitrogen and oxygen atoms in total. The highest BCUT2D eigenvalue weighted by molar-refractivity contribution is 5.56. The van der Waals surface area contributed by atoms with Crippen molar-refractivity contribution in [2.24, 2.45) is 0 Å². The Hall–Kier alpha value is -2.93. The lowest BCUT2D eigenvalue weighted by Crippen LogP contribution is -2.40. The first-order valence-corrected chi connectivity index (χ1v) is 10.4. The molecule has 0 amide bonds. The van der Waals surface area contributed by atoms with Crippen LogP contribution in [0.4, 0.5) is 30.8 Å². The van der Waals surface area contributed by atoms with Crippen LogP contribution in [0.2, 0.25) is 0 Å². The molecule has 31 heavy (non-hydrogen) atoms. The number of alkyl halides is 3. The van der Waals surface area contributed by atoms with Crippen molar-refractivity contribution < 1.29 is 13.2 Å². The molecule has 0 bridgehead atoms. The summed E-state index contributed by atoms with van der Waals surface area (Å²) in [6.45, 7) is 4.29. The van der Waals surface area contributed by atoms with Crippen LogP contribution in [-0.2, 0) is 11.6 Å². The molecule has 2 aliphatic heterocycles.